The first-order valence-electron chi connectivity index (χ1n) is 5.74. The predicted octanol–water partition coefficient (Wildman–Crippen LogP) is 2.49. The van der Waals surface area contributed by atoms with Crippen LogP contribution in [0.15, 0.2) is 30.3 Å². The minimum absolute atomic E-state index is 0.248. The molecule has 0 saturated heterocycles. The Kier molecular flexibility index (Phi) is 7.22. The maximum absolute atomic E-state index is 10.1. The number of hydrogen-bond donors (Lipinski definition) is 1. The van der Waals surface area contributed by atoms with Crippen LogP contribution in [0.4, 0.5) is 0 Å². The molecule has 2 N–H and O–H groups in total. The zero-order valence-corrected chi connectivity index (χ0v) is 11.2. The summed E-state index contributed by atoms with van der Waals surface area (Å²) in [5.74, 6) is -0.248. The summed E-state index contributed by atoms with van der Waals surface area (Å²) in [4.78, 5) is 10.1. The monoisotopic (exact) mass is 237 g/mol. The smallest absolute Gasteiger partial charge is 0.306 e. The third kappa shape index (κ3) is 7.53. The molecule has 0 amide bonds. The van der Waals surface area contributed by atoms with Crippen molar-refractivity contribution in [3.05, 3.63) is 35.9 Å². The lowest BCUT2D eigenvalue weighted by Crippen LogP contribution is -2.10. The average molecular weight is 237 g/mol. The molecule has 0 aliphatic carbocycles. The molecule has 0 saturated carbocycles. The molecule has 0 aromatic heterocycles. The molecule has 0 unspecified atom stereocenters. The Balaban J connectivity index is 0.000000325. The van der Waals surface area contributed by atoms with Gasteiger partial charge in [0.05, 0.1) is 13.5 Å². The maximum Gasteiger partial charge on any atom is 0.306 e. The summed E-state index contributed by atoms with van der Waals surface area (Å²) in [6, 6.07) is 10.6. The van der Waals surface area contributed by atoms with E-state index in [4.69, 9.17) is 5.73 Å². The first-order valence-corrected chi connectivity index (χ1v) is 5.74. The van der Waals surface area contributed by atoms with Gasteiger partial charge in [0, 0.05) is 6.54 Å². The van der Waals surface area contributed by atoms with Crippen LogP contribution in [0, 0.1) is 0 Å². The van der Waals surface area contributed by atoms with Crippen LogP contribution in [0.5, 0.6) is 0 Å². The van der Waals surface area contributed by atoms with Gasteiger partial charge in [-0.15, -0.1) is 0 Å². The molecule has 3 heteroatoms. The summed E-state index contributed by atoms with van der Waals surface area (Å²) in [5, 5.41) is 0. The van der Waals surface area contributed by atoms with Gasteiger partial charge in [0.1, 0.15) is 0 Å². The molecule has 0 fully saturated rings. The van der Waals surface area contributed by atoms with E-state index in [1.807, 2.05) is 0 Å². The van der Waals surface area contributed by atoms with Crippen LogP contribution in [0.2, 0.25) is 0 Å². The Morgan fingerprint density at radius 3 is 2.00 bits per heavy atom. The summed E-state index contributed by atoms with van der Waals surface area (Å²) < 4.78 is 4.27. The fraction of sp³-hybridized carbons (Fsp3) is 0.500. The molecule has 1 aromatic rings. The average Bonchev–Trinajstić information content (AvgIpc) is 2.30. The molecule has 0 atom stereocenters. The Labute approximate surface area is 104 Å². The molecule has 17 heavy (non-hydrogen) atoms. The van der Waals surface area contributed by atoms with Crippen molar-refractivity contribution in [3.63, 3.8) is 0 Å². The fourth-order valence-electron chi connectivity index (χ4n) is 1.16. The van der Waals surface area contributed by atoms with Gasteiger partial charge in [-0.05, 0) is 11.0 Å². The van der Waals surface area contributed by atoms with Gasteiger partial charge in [0.25, 0.3) is 0 Å². The van der Waals surface area contributed by atoms with Crippen LogP contribution in [0.25, 0.3) is 0 Å². The van der Waals surface area contributed by atoms with Gasteiger partial charge in [-0.2, -0.15) is 0 Å². The number of hydrogen-bond acceptors (Lipinski definition) is 3. The zero-order valence-electron chi connectivity index (χ0n) is 11.2. The van der Waals surface area contributed by atoms with Crippen LogP contribution in [0.3, 0.4) is 0 Å². The molecule has 0 radical (unpaired) electrons. The molecule has 0 spiro atoms. The van der Waals surface area contributed by atoms with E-state index in [2.05, 4.69) is 55.8 Å². The van der Waals surface area contributed by atoms with Crippen molar-refractivity contribution in [2.75, 3.05) is 13.7 Å². The highest BCUT2D eigenvalue weighted by molar-refractivity contribution is 5.69. The minimum Gasteiger partial charge on any atom is -0.469 e. The first-order chi connectivity index (χ1) is 7.91. The third-order valence-corrected chi connectivity index (χ3v) is 2.22. The maximum atomic E-state index is 10.1. The van der Waals surface area contributed by atoms with E-state index in [0.29, 0.717) is 18.4 Å². The molecule has 0 aliphatic rings. The lowest BCUT2D eigenvalue weighted by molar-refractivity contribution is -0.140. The van der Waals surface area contributed by atoms with E-state index in [9.17, 15) is 4.79 Å². The molecular formula is C14H23NO2. The number of carbonyl (C=O) groups is 1. The topological polar surface area (TPSA) is 52.3 Å². The number of ether oxygens (including phenoxy) is 1. The lowest BCUT2D eigenvalue weighted by atomic mass is 9.87. The second-order valence-electron chi connectivity index (χ2n) is 4.73. The number of methoxy groups -OCH3 is 1. The molecule has 0 heterocycles. The van der Waals surface area contributed by atoms with E-state index < -0.39 is 0 Å². The Hall–Kier alpha value is -1.35. The van der Waals surface area contributed by atoms with Gasteiger partial charge in [-0.25, -0.2) is 0 Å². The van der Waals surface area contributed by atoms with Gasteiger partial charge in [-0.1, -0.05) is 51.1 Å². The summed E-state index contributed by atoms with van der Waals surface area (Å²) in [6.45, 7) is 7.04. The van der Waals surface area contributed by atoms with Crippen LogP contribution in [0.1, 0.15) is 32.8 Å². The summed E-state index contributed by atoms with van der Waals surface area (Å²) in [6.07, 6.45) is 0.316. The van der Waals surface area contributed by atoms with Gasteiger partial charge in [0.15, 0.2) is 0 Å². The second kappa shape index (κ2) is 7.85. The molecular weight excluding hydrogens is 214 g/mol. The van der Waals surface area contributed by atoms with E-state index >= 15 is 0 Å². The number of esters is 1. The number of benzene rings is 1. The summed E-state index contributed by atoms with van der Waals surface area (Å²) >= 11 is 0. The second-order valence-corrected chi connectivity index (χ2v) is 4.73. The Morgan fingerprint density at radius 1 is 1.24 bits per heavy atom. The standard InChI is InChI=1S/C10H14.C4H9NO2/c1-10(2,3)9-7-5-4-6-8-9;1-7-4(6)2-3-5/h4-8H,1-3H3;2-3,5H2,1H3. The van der Waals surface area contributed by atoms with Crippen molar-refractivity contribution in [2.45, 2.75) is 32.6 Å². The van der Waals surface area contributed by atoms with E-state index in [1.165, 1.54) is 12.7 Å². The van der Waals surface area contributed by atoms with E-state index in [0.717, 1.165) is 0 Å². The quantitative estimate of drug-likeness (QED) is 0.804. The van der Waals surface area contributed by atoms with Crippen LogP contribution >= 0.6 is 0 Å². The highest BCUT2D eigenvalue weighted by atomic mass is 16.5. The van der Waals surface area contributed by atoms with Gasteiger partial charge < -0.3 is 10.5 Å². The van der Waals surface area contributed by atoms with Gasteiger partial charge in [-0.3, -0.25) is 4.79 Å². The SMILES string of the molecule is CC(C)(C)c1ccccc1.COC(=O)CCN. The van der Waals surface area contributed by atoms with Gasteiger partial charge in [0.2, 0.25) is 0 Å². The molecule has 1 aromatic carbocycles. The molecule has 3 nitrogen and oxygen atoms in total. The fourth-order valence-corrected chi connectivity index (χ4v) is 1.16. The predicted molar refractivity (Wildman–Crippen MR) is 70.8 cm³/mol. The van der Waals surface area contributed by atoms with Crippen molar-refractivity contribution >= 4 is 5.97 Å². The van der Waals surface area contributed by atoms with Crippen LogP contribution < -0.4 is 5.73 Å². The van der Waals surface area contributed by atoms with Crippen molar-refractivity contribution in [2.24, 2.45) is 5.73 Å². The normalized spacial score (nSPS) is 10.2. The Morgan fingerprint density at radius 2 is 1.76 bits per heavy atom. The third-order valence-electron chi connectivity index (χ3n) is 2.22. The Bertz CT molecular complexity index is 315. The lowest BCUT2D eigenvalue weighted by Gasteiger charge is -2.18. The number of carbonyl (C=O) groups excluding carboxylic acids is 1. The van der Waals surface area contributed by atoms with Crippen LogP contribution in [-0.4, -0.2) is 19.6 Å². The molecule has 96 valence electrons. The minimum atomic E-state index is -0.248. The van der Waals surface area contributed by atoms with Crippen molar-refractivity contribution < 1.29 is 9.53 Å². The van der Waals surface area contributed by atoms with E-state index in [-0.39, 0.29) is 5.97 Å². The highest BCUT2D eigenvalue weighted by Gasteiger charge is 2.11. The van der Waals surface area contributed by atoms with E-state index in [1.54, 1.807) is 0 Å². The van der Waals surface area contributed by atoms with Crippen molar-refractivity contribution in [3.8, 4) is 0 Å². The summed E-state index contributed by atoms with van der Waals surface area (Å²) in [7, 11) is 1.35. The number of rotatable bonds is 2. The summed E-state index contributed by atoms with van der Waals surface area (Å²) in [5.41, 5.74) is 6.70. The zero-order chi connectivity index (χ0) is 13.3. The molecule has 0 bridgehead atoms. The largest absolute Gasteiger partial charge is 0.469 e. The highest BCUT2D eigenvalue weighted by Crippen LogP contribution is 2.20. The van der Waals surface area contributed by atoms with Crippen molar-refractivity contribution in [1.82, 2.24) is 0 Å². The molecule has 1 rings (SSSR count). The molecule has 0 aliphatic heterocycles. The number of nitrogens with two attached hydrogens (primary N) is 1. The van der Waals surface area contributed by atoms with Gasteiger partial charge >= 0.3 is 5.97 Å². The first kappa shape index (κ1) is 15.7. The van der Waals surface area contributed by atoms with Crippen molar-refractivity contribution in [1.29, 1.82) is 0 Å². The van der Waals surface area contributed by atoms with Crippen LogP contribution in [-0.2, 0) is 14.9 Å².